The number of unbranched alkanes of at least 4 members (excludes halogenated alkanes) is 44. The van der Waals surface area contributed by atoms with Crippen molar-refractivity contribution in [2.45, 2.75) is 412 Å². The maximum atomic E-state index is 11.9. The Kier molecular flexibility index (Phi) is 88.6. The molecule has 0 saturated carbocycles. The molecule has 0 bridgehead atoms. The number of ketones is 1. The molecule has 1 aliphatic rings. The molecular weight excluding hydrogens is 1300 g/mol. The third kappa shape index (κ3) is 81.4. The van der Waals surface area contributed by atoms with Gasteiger partial charge in [0.1, 0.15) is 32.0 Å². The Hall–Kier alpha value is -2.71. The molecule has 3 radical (unpaired) electrons. The zero-order valence-electron chi connectivity index (χ0n) is 67.2. The van der Waals surface area contributed by atoms with Crippen molar-refractivity contribution in [2.75, 3.05) is 46.2 Å². The number of hydrogen-bond acceptors (Lipinski definition) is 16. The topological polar surface area (TPSA) is 242 Å². The third-order valence-electron chi connectivity index (χ3n) is 17.8. The zero-order chi connectivity index (χ0) is 73.6. The van der Waals surface area contributed by atoms with Gasteiger partial charge in [-0.3, -0.25) is 24.0 Å². The van der Waals surface area contributed by atoms with Crippen molar-refractivity contribution in [3.05, 3.63) is 48.6 Å². The van der Waals surface area contributed by atoms with Crippen molar-refractivity contribution in [3.8, 4) is 0 Å². The zero-order valence-corrected chi connectivity index (χ0v) is 68.2. The van der Waals surface area contributed by atoms with Crippen LogP contribution in [0.25, 0.3) is 0 Å². The number of Topliss-reactive ketones (excluding diaryl/α,β-unsaturated/α-hetero) is 1. The van der Waals surface area contributed by atoms with Crippen LogP contribution in [0.4, 0.5) is 0 Å². The summed E-state index contributed by atoms with van der Waals surface area (Å²) in [7, 11) is 0. The quantitative estimate of drug-likeness (QED) is 0.0125. The van der Waals surface area contributed by atoms with Gasteiger partial charge >= 0.3 is 53.4 Å². The first kappa shape index (κ1) is 106. The van der Waals surface area contributed by atoms with Gasteiger partial charge in [-0.2, -0.15) is 0 Å². The number of esters is 4. The predicted octanol–water partition coefficient (Wildman–Crippen LogP) is 17.4. The summed E-state index contributed by atoms with van der Waals surface area (Å²) >= 11 is 0. The van der Waals surface area contributed by atoms with E-state index in [1.165, 1.54) is 231 Å². The van der Waals surface area contributed by atoms with Gasteiger partial charge in [0.15, 0.2) is 19.5 Å². The predicted molar refractivity (Wildman–Crippen MR) is 415 cm³/mol. The molecule has 0 aromatic carbocycles. The molecule has 0 aromatic heterocycles. The number of rotatable bonds is 70. The largest absolute Gasteiger partial charge is 1.00 e. The number of aliphatic hydroxyl groups excluding tert-OH is 4. The molecule has 0 amide bonds. The summed E-state index contributed by atoms with van der Waals surface area (Å²) in [5.74, 6) is -3.51. The second-order valence-electron chi connectivity index (χ2n) is 27.9. The van der Waals surface area contributed by atoms with E-state index < -0.39 is 37.5 Å². The van der Waals surface area contributed by atoms with Crippen LogP contribution in [0.1, 0.15) is 389 Å². The van der Waals surface area contributed by atoms with Crippen LogP contribution in [-0.2, 0) is 52.4 Å². The Labute approximate surface area is 649 Å². The Bertz CT molecular complexity index is 1830. The Balaban J connectivity index is -0.000000519. The maximum Gasteiger partial charge on any atom is 1.00 e. The molecule has 16 nitrogen and oxygen atoms in total. The van der Waals surface area contributed by atoms with E-state index >= 15 is 0 Å². The molecule has 5 N–H and O–H groups in total. The normalized spacial score (nSPS) is 15.1. The molecule has 3 atom stereocenters. The van der Waals surface area contributed by atoms with Crippen LogP contribution in [0.15, 0.2) is 48.6 Å². The maximum absolute atomic E-state index is 11.9. The minimum Gasteiger partial charge on any atom is -1.00 e. The molecule has 1 rings (SSSR count). The van der Waals surface area contributed by atoms with E-state index in [1.54, 1.807) is 0 Å². The SMILES string of the molecule is CCCCCCCC/C=C\CCCCCCCC(=O)OCC(=O)COC(=O)CCCCCCC/C=C\CCCCCCCC.CCCCCCCC/C=C\CCCCCCCC(=O)OCC(O)COC(=O)CCCCCCC/C=C\CCCCCCCC.OCC1OCC(O)(CO)OC1O.[B].[H-].[Na+]. The third-order valence-corrected chi connectivity index (χ3v) is 17.8. The van der Waals surface area contributed by atoms with Crippen molar-refractivity contribution in [1.82, 2.24) is 0 Å². The van der Waals surface area contributed by atoms with Crippen LogP contribution in [0.3, 0.4) is 0 Å². The fourth-order valence-corrected chi connectivity index (χ4v) is 11.3. The summed E-state index contributed by atoms with van der Waals surface area (Å²) in [6.07, 6.45) is 79.9. The molecule has 1 heterocycles. The second-order valence-corrected chi connectivity index (χ2v) is 27.9. The van der Waals surface area contributed by atoms with Crippen molar-refractivity contribution >= 4 is 38.1 Å². The summed E-state index contributed by atoms with van der Waals surface area (Å²) in [6.45, 7) is 6.82. The molecule has 0 aromatic rings. The monoisotopic (exact) mass is 1450 g/mol. The van der Waals surface area contributed by atoms with Gasteiger partial charge < -0.3 is 55.4 Å². The van der Waals surface area contributed by atoms with Crippen LogP contribution in [0.2, 0.25) is 0 Å². The molecular formula is C84H155BNaO16. The fourth-order valence-electron chi connectivity index (χ4n) is 11.3. The molecule has 3 unspecified atom stereocenters. The van der Waals surface area contributed by atoms with Gasteiger partial charge in [0.05, 0.1) is 13.2 Å². The molecule has 1 saturated heterocycles. The van der Waals surface area contributed by atoms with Crippen molar-refractivity contribution in [3.63, 3.8) is 0 Å². The Morgan fingerprint density at radius 1 is 0.392 bits per heavy atom. The standard InChI is InChI=1S/C39H72O5.C39H70O5.C6H12O6.B.Na.H/c2*1-3-5-7-9-11-13-15-17-19-21-23-25-27-29-31-33-38(41)43-35-37(40)36-44-39(42)34-32-30-28-26-24-22-20-18-16-14-12-10-8-6-4-2;7-1-4-5(9)12-6(10,2-8)3-11-4;;;/h17-20,37,40H,3-16,21-36H2,1-2H3;17-20H,3-16,21-36H2,1-2H3;4-5,7-10H,1-3H2;;;/q;;;;+1;-1/b2*19-17-,20-18-;;;;. The number of aliphatic hydroxyl groups is 5. The number of ether oxygens (including phenoxy) is 6. The van der Waals surface area contributed by atoms with E-state index in [9.17, 15) is 34.2 Å². The fraction of sp³-hybridized carbons (Fsp3) is 0.845. The van der Waals surface area contributed by atoms with E-state index in [0.717, 1.165) is 103 Å². The summed E-state index contributed by atoms with van der Waals surface area (Å²) in [5.41, 5.74) is 0. The number of hydrogen-bond donors (Lipinski definition) is 5. The van der Waals surface area contributed by atoms with Crippen LogP contribution in [-0.4, -0.2) is 134 Å². The minimum atomic E-state index is -1.86. The summed E-state index contributed by atoms with van der Waals surface area (Å²) < 4.78 is 29.8. The van der Waals surface area contributed by atoms with Crippen molar-refractivity contribution in [2.24, 2.45) is 0 Å². The van der Waals surface area contributed by atoms with E-state index in [1.807, 2.05) is 0 Å². The van der Waals surface area contributed by atoms with Gasteiger partial charge in [0.2, 0.25) is 11.6 Å². The van der Waals surface area contributed by atoms with Gasteiger partial charge in [-0.15, -0.1) is 0 Å². The minimum absolute atomic E-state index is 0. The number of carbonyl (C=O) groups excluding carboxylic acids is 5. The first-order valence-corrected chi connectivity index (χ1v) is 41.1. The van der Waals surface area contributed by atoms with E-state index in [2.05, 4.69) is 81.0 Å². The smallest absolute Gasteiger partial charge is 1.00 e. The van der Waals surface area contributed by atoms with Gasteiger partial charge in [0, 0.05) is 34.1 Å². The van der Waals surface area contributed by atoms with E-state index in [0.29, 0.717) is 25.7 Å². The van der Waals surface area contributed by atoms with E-state index in [-0.39, 0.29) is 102 Å². The van der Waals surface area contributed by atoms with Crippen molar-refractivity contribution in [1.29, 1.82) is 0 Å². The Morgan fingerprint density at radius 2 is 0.618 bits per heavy atom. The average Bonchev–Trinajstić information content (AvgIpc) is 0.840. The van der Waals surface area contributed by atoms with Crippen LogP contribution < -0.4 is 29.6 Å². The number of carbonyl (C=O) groups is 5. The summed E-state index contributed by atoms with van der Waals surface area (Å²) in [5, 5.41) is 45.5. The summed E-state index contributed by atoms with van der Waals surface area (Å²) in [4.78, 5) is 59.6. The average molecular weight is 1450 g/mol. The van der Waals surface area contributed by atoms with Gasteiger partial charge in [-0.1, -0.05) is 282 Å². The first-order chi connectivity index (χ1) is 48.8. The van der Waals surface area contributed by atoms with Crippen LogP contribution in [0.5, 0.6) is 0 Å². The molecule has 0 aliphatic carbocycles. The first-order valence-electron chi connectivity index (χ1n) is 41.1. The molecule has 18 heteroatoms. The molecule has 102 heavy (non-hydrogen) atoms. The van der Waals surface area contributed by atoms with Crippen molar-refractivity contribution < 1.29 is 109 Å². The number of allylic oxidation sites excluding steroid dienone is 8. The molecule has 1 aliphatic heterocycles. The van der Waals surface area contributed by atoms with Crippen LogP contribution >= 0.6 is 0 Å². The van der Waals surface area contributed by atoms with Gasteiger partial charge in [0.25, 0.3) is 0 Å². The van der Waals surface area contributed by atoms with Gasteiger partial charge in [-0.05, 0) is 128 Å². The molecule has 0 spiro atoms. The molecule has 1 fully saturated rings. The second kappa shape index (κ2) is 85.5. The Morgan fingerprint density at radius 3 is 0.843 bits per heavy atom. The van der Waals surface area contributed by atoms with E-state index in [4.69, 9.17) is 39.0 Å². The molecule has 591 valence electrons. The van der Waals surface area contributed by atoms with Crippen LogP contribution in [0, 0.1) is 0 Å². The van der Waals surface area contributed by atoms with Gasteiger partial charge in [-0.25, -0.2) is 0 Å². The summed E-state index contributed by atoms with van der Waals surface area (Å²) in [6, 6.07) is 0.